The van der Waals surface area contributed by atoms with Crippen LogP contribution in [0.3, 0.4) is 0 Å². The second-order valence-corrected chi connectivity index (χ2v) is 8.96. The van der Waals surface area contributed by atoms with Crippen LogP contribution in [0, 0.1) is 12.1 Å². The average molecular weight is 721 g/mol. The van der Waals surface area contributed by atoms with Gasteiger partial charge in [-0.25, -0.2) is 12.6 Å². The van der Waals surface area contributed by atoms with Gasteiger partial charge in [0.05, 0.1) is 10.1 Å². The molecule has 3 radical (unpaired) electrons. The van der Waals surface area contributed by atoms with Crippen LogP contribution in [0.4, 0.5) is 11.4 Å². The van der Waals surface area contributed by atoms with E-state index in [9.17, 15) is 0 Å². The molecule has 7 nitrogen and oxygen atoms in total. The van der Waals surface area contributed by atoms with Crippen LogP contribution in [-0.4, -0.2) is 29.7 Å². The Morgan fingerprint density at radius 1 is 0.730 bits per heavy atom. The standard InChI is InChI=1S/2C12H9N.CH4O3S.CH3O2S.2Pd/c2*13-12-9-5-4-8-11(12)10-6-2-1-3-7-10;1-5(2,3)4;1-4(2)3;;/h2*1-6,8-9,13H;1H3,(H,2,3,4);1H3;;/q2*-1;;;;+2/p-1. The van der Waals surface area contributed by atoms with Crippen LogP contribution in [0.5, 0.6) is 0 Å². The van der Waals surface area contributed by atoms with Crippen molar-refractivity contribution in [3.63, 3.8) is 0 Å². The molecule has 0 bridgehead atoms. The first-order chi connectivity index (χ1) is 16.5. The third kappa shape index (κ3) is 17.8. The number of hydrogen-bond donors (Lipinski definition) is 0. The maximum Gasteiger partial charge on any atom is 2.00 e. The molecule has 0 amide bonds. The largest absolute Gasteiger partial charge is 2.00 e. The van der Waals surface area contributed by atoms with E-state index in [1.807, 2.05) is 84.9 Å². The van der Waals surface area contributed by atoms with Crippen LogP contribution in [0.25, 0.3) is 33.7 Å². The summed E-state index contributed by atoms with van der Waals surface area (Å²) in [5.41, 5.74) is 20.3. The van der Waals surface area contributed by atoms with Gasteiger partial charge in [-0.1, -0.05) is 97.1 Å². The zero-order chi connectivity index (χ0) is 26.3. The molecule has 1 unspecified atom stereocenters. The molecule has 2 N–H and O–H groups in total. The van der Waals surface area contributed by atoms with Gasteiger partial charge < -0.3 is 16.0 Å². The van der Waals surface area contributed by atoms with Crippen molar-refractivity contribution in [1.29, 1.82) is 0 Å². The monoisotopic (exact) mass is 720 g/mol. The van der Waals surface area contributed by atoms with E-state index in [1.165, 1.54) is 0 Å². The predicted octanol–water partition coefficient (Wildman–Crippen LogP) is 6.54. The summed E-state index contributed by atoms with van der Waals surface area (Å²) in [7, 11) is -3.92. The van der Waals surface area contributed by atoms with Crippen molar-refractivity contribution < 1.29 is 62.6 Å². The molecule has 0 heterocycles. The zero-order valence-corrected chi connectivity index (χ0v) is 24.5. The fourth-order valence-corrected chi connectivity index (χ4v) is 2.56. The van der Waals surface area contributed by atoms with Crippen LogP contribution < -0.4 is 0 Å². The molecule has 0 aliphatic rings. The van der Waals surface area contributed by atoms with E-state index < -0.39 is 21.2 Å². The molecule has 37 heavy (non-hydrogen) atoms. The van der Waals surface area contributed by atoms with Gasteiger partial charge in [0, 0.05) is 32.9 Å². The molecule has 0 aliphatic heterocycles. The first-order valence-electron chi connectivity index (χ1n) is 9.96. The molecule has 0 spiro atoms. The van der Waals surface area contributed by atoms with Crippen molar-refractivity contribution in [3.05, 3.63) is 121 Å². The Morgan fingerprint density at radius 3 is 1.24 bits per heavy atom. The van der Waals surface area contributed by atoms with E-state index in [1.54, 1.807) is 12.1 Å². The van der Waals surface area contributed by atoms with Gasteiger partial charge >= 0.3 is 20.4 Å². The Balaban J connectivity index is 0. The Morgan fingerprint density at radius 2 is 1.00 bits per heavy atom. The first-order valence-corrected chi connectivity index (χ1v) is 13.3. The van der Waals surface area contributed by atoms with E-state index in [0.29, 0.717) is 17.6 Å². The third-order valence-electron chi connectivity index (χ3n) is 3.85. The minimum atomic E-state index is -3.92. The summed E-state index contributed by atoms with van der Waals surface area (Å²) < 4.78 is 45.2. The van der Waals surface area contributed by atoms with E-state index in [4.69, 9.17) is 33.2 Å². The number of nitrogens with one attached hydrogen (secondary N) is 2. The molecule has 4 rings (SSSR count). The molecule has 201 valence electrons. The van der Waals surface area contributed by atoms with Gasteiger partial charge in [-0.05, 0) is 34.4 Å². The van der Waals surface area contributed by atoms with Crippen molar-refractivity contribution in [2.45, 2.75) is 0 Å². The number of rotatable bonds is 2. The minimum absolute atomic E-state index is 0. The Labute approximate surface area is 249 Å². The second-order valence-electron chi connectivity index (χ2n) is 6.75. The third-order valence-corrected chi connectivity index (χ3v) is 3.85. The Kier molecular flexibility index (Phi) is 19.9. The van der Waals surface area contributed by atoms with Gasteiger partial charge in [-0.3, -0.25) is 0 Å². The fourth-order valence-electron chi connectivity index (χ4n) is 2.56. The normalized spacial score (nSPS) is 10.2. The molecular formula is C26H24N2O5Pd2S2-. The molecule has 4 aromatic carbocycles. The van der Waals surface area contributed by atoms with Gasteiger partial charge in [0.15, 0.2) is 11.1 Å². The molecular weight excluding hydrogens is 697 g/mol. The Bertz CT molecular complexity index is 1200. The molecule has 4 aromatic rings. The Hall–Kier alpha value is -2.18. The quantitative estimate of drug-likeness (QED) is 0.171. The van der Waals surface area contributed by atoms with Crippen LogP contribution in [-0.2, 0) is 66.6 Å². The molecule has 11 heteroatoms. The van der Waals surface area contributed by atoms with Crippen molar-refractivity contribution in [1.82, 2.24) is 0 Å². The predicted molar refractivity (Wildman–Crippen MR) is 140 cm³/mol. The summed E-state index contributed by atoms with van der Waals surface area (Å²) in [6.45, 7) is 0. The summed E-state index contributed by atoms with van der Waals surface area (Å²) in [5.74, 6) is 0. The minimum Gasteiger partial charge on any atom is -0.748 e. The fraction of sp³-hybridized carbons (Fsp3) is 0.0769. The number of benzene rings is 4. The SMILES string of the molecule is CS(=O)(=O)[O-].CS([O])=O.[NH-]c1ccccc1-c1[c]cccc1.[NH-]c1ccccc1-c1[c]cccc1.[Pd+2].[Pd]. The smallest absolute Gasteiger partial charge is 0.748 e. The summed E-state index contributed by atoms with van der Waals surface area (Å²) >= 11 is -1.86. The van der Waals surface area contributed by atoms with Gasteiger partial charge in [-0.15, -0.1) is 15.9 Å². The van der Waals surface area contributed by atoms with Crippen molar-refractivity contribution in [2.24, 2.45) is 0 Å². The molecule has 0 saturated heterocycles. The molecule has 1 atom stereocenters. The zero-order valence-electron chi connectivity index (χ0n) is 19.7. The van der Waals surface area contributed by atoms with Crippen molar-refractivity contribution >= 4 is 32.6 Å². The molecule has 0 aromatic heterocycles. The van der Waals surface area contributed by atoms with Crippen molar-refractivity contribution in [2.75, 3.05) is 12.5 Å². The van der Waals surface area contributed by atoms with Gasteiger partial charge in [0.25, 0.3) is 0 Å². The van der Waals surface area contributed by atoms with Gasteiger partial charge in [0.1, 0.15) is 0 Å². The van der Waals surface area contributed by atoms with E-state index in [2.05, 4.69) is 12.1 Å². The van der Waals surface area contributed by atoms with Crippen LogP contribution in [0.15, 0.2) is 97.1 Å². The maximum absolute atomic E-state index is 9.08. The molecule has 0 saturated carbocycles. The van der Waals surface area contributed by atoms with E-state index >= 15 is 0 Å². The summed E-state index contributed by atoms with van der Waals surface area (Å²) in [5, 5.41) is 0. The molecule has 0 aliphatic carbocycles. The molecule has 0 fully saturated rings. The van der Waals surface area contributed by atoms with Crippen LogP contribution in [0.2, 0.25) is 0 Å². The van der Waals surface area contributed by atoms with E-state index in [-0.39, 0.29) is 40.8 Å². The number of hydrogen-bond acceptors (Lipinski definition) is 4. The first kappa shape index (κ1) is 37.0. The summed E-state index contributed by atoms with van der Waals surface area (Å²) in [6.07, 6.45) is 1.69. The van der Waals surface area contributed by atoms with Gasteiger partial charge in [0.2, 0.25) is 0 Å². The topological polar surface area (TPSA) is 142 Å². The summed E-state index contributed by atoms with van der Waals surface area (Å²) in [6, 6.07) is 36.7. The van der Waals surface area contributed by atoms with E-state index in [0.717, 1.165) is 28.5 Å². The van der Waals surface area contributed by atoms with Gasteiger partial charge in [-0.2, -0.15) is 0 Å². The second kappa shape index (κ2) is 19.9. The van der Waals surface area contributed by atoms with Crippen LogP contribution in [0.1, 0.15) is 0 Å². The van der Waals surface area contributed by atoms with Crippen molar-refractivity contribution in [3.8, 4) is 22.3 Å². The maximum atomic E-state index is 9.08. The van der Waals surface area contributed by atoms with Crippen LogP contribution >= 0.6 is 0 Å². The summed E-state index contributed by atoms with van der Waals surface area (Å²) in [4.78, 5) is 0. The average Bonchev–Trinajstić information content (AvgIpc) is 2.80.